The Morgan fingerprint density at radius 1 is 0.964 bits per heavy atom. The van der Waals surface area contributed by atoms with E-state index < -0.39 is 12.0 Å². The molecule has 0 aliphatic heterocycles. The molecule has 2 rings (SSSR count). The average molecular weight is 401 g/mol. The fraction of sp³-hybridized carbons (Fsp3) is 0.286. The average Bonchev–Trinajstić information content (AvgIpc) is 2.63. The maximum atomic E-state index is 12.2. The van der Waals surface area contributed by atoms with Gasteiger partial charge in [-0.3, -0.25) is 14.4 Å². The Balaban J connectivity index is 1.83. The van der Waals surface area contributed by atoms with Crippen molar-refractivity contribution < 1.29 is 19.5 Å². The smallest absolute Gasteiger partial charge is 0.305 e. The van der Waals surface area contributed by atoms with Gasteiger partial charge in [0, 0.05) is 5.69 Å². The van der Waals surface area contributed by atoms with Gasteiger partial charge in [0.1, 0.15) is 0 Å². The number of carbonyl (C=O) groups is 3. The minimum Gasteiger partial charge on any atom is -0.481 e. The lowest BCUT2D eigenvalue weighted by Gasteiger charge is -2.19. The zero-order valence-corrected chi connectivity index (χ0v) is 16.7. The highest BCUT2D eigenvalue weighted by atomic mass is 32.2. The number of aliphatic carboxylic acids is 1. The number of anilines is 1. The van der Waals surface area contributed by atoms with Gasteiger partial charge in [0.25, 0.3) is 0 Å². The number of hydrogen-bond acceptors (Lipinski definition) is 4. The minimum atomic E-state index is -0.987. The van der Waals surface area contributed by atoms with E-state index in [2.05, 4.69) is 10.6 Å². The Bertz CT molecular complexity index is 837. The zero-order chi connectivity index (χ0) is 20.5. The van der Waals surface area contributed by atoms with Crippen molar-refractivity contribution in [3.05, 3.63) is 65.2 Å². The van der Waals surface area contributed by atoms with Crippen LogP contribution in [-0.4, -0.2) is 34.4 Å². The molecule has 0 saturated heterocycles. The van der Waals surface area contributed by atoms with Crippen LogP contribution in [0.2, 0.25) is 0 Å². The Kier molecular flexibility index (Phi) is 8.07. The quantitative estimate of drug-likeness (QED) is 0.600. The first-order valence-electron chi connectivity index (χ1n) is 8.86. The van der Waals surface area contributed by atoms with Gasteiger partial charge in [-0.15, -0.1) is 11.8 Å². The van der Waals surface area contributed by atoms with Gasteiger partial charge in [-0.1, -0.05) is 42.0 Å². The molecule has 2 aromatic carbocycles. The highest BCUT2D eigenvalue weighted by molar-refractivity contribution is 8.00. The van der Waals surface area contributed by atoms with Crippen LogP contribution in [0, 0.1) is 13.8 Å². The number of aryl methyl sites for hydroxylation is 2. The number of thioether (sulfide) groups is 1. The van der Waals surface area contributed by atoms with Crippen molar-refractivity contribution in [2.24, 2.45) is 0 Å². The molecule has 28 heavy (non-hydrogen) atoms. The fourth-order valence-electron chi connectivity index (χ4n) is 2.70. The number of nitrogens with one attached hydrogen (secondary N) is 2. The molecule has 0 aromatic heterocycles. The van der Waals surface area contributed by atoms with Crippen LogP contribution in [0.4, 0.5) is 5.69 Å². The fourth-order valence-corrected chi connectivity index (χ4v) is 3.33. The standard InChI is InChI=1S/C21H24N2O4S/c1-14-7-9-16(10-8-14)22-19(24)12-28-13-20(25)23-18(11-21(26)27)17-6-4-3-5-15(17)2/h3-10,18H,11-13H2,1-2H3,(H,22,24)(H,23,25)(H,26,27)/t18-/m0/s1. The van der Waals surface area contributed by atoms with Gasteiger partial charge in [-0.2, -0.15) is 0 Å². The van der Waals surface area contributed by atoms with E-state index in [1.807, 2.05) is 62.4 Å². The zero-order valence-electron chi connectivity index (χ0n) is 15.9. The summed E-state index contributed by atoms with van der Waals surface area (Å²) < 4.78 is 0. The Labute approximate surface area is 168 Å². The molecule has 6 nitrogen and oxygen atoms in total. The van der Waals surface area contributed by atoms with Gasteiger partial charge < -0.3 is 15.7 Å². The maximum absolute atomic E-state index is 12.2. The number of carboxylic acid groups (broad SMARTS) is 1. The topological polar surface area (TPSA) is 95.5 Å². The van der Waals surface area contributed by atoms with Gasteiger partial charge in [0.15, 0.2) is 0 Å². The molecule has 0 unspecified atom stereocenters. The monoisotopic (exact) mass is 400 g/mol. The van der Waals surface area contributed by atoms with Gasteiger partial charge >= 0.3 is 5.97 Å². The molecule has 0 heterocycles. The lowest BCUT2D eigenvalue weighted by molar-refractivity contribution is -0.137. The summed E-state index contributed by atoms with van der Waals surface area (Å²) in [5.41, 5.74) is 3.51. The third-order valence-corrected chi connectivity index (χ3v) is 5.01. The van der Waals surface area contributed by atoms with Gasteiger partial charge in [-0.25, -0.2) is 0 Å². The first-order valence-corrected chi connectivity index (χ1v) is 10.0. The molecule has 7 heteroatoms. The lowest BCUT2D eigenvalue weighted by Crippen LogP contribution is -2.32. The molecule has 2 amide bonds. The third kappa shape index (κ3) is 7.08. The van der Waals surface area contributed by atoms with Gasteiger partial charge in [0.05, 0.1) is 24.0 Å². The molecule has 0 radical (unpaired) electrons. The largest absolute Gasteiger partial charge is 0.481 e. The van der Waals surface area contributed by atoms with E-state index in [1.54, 1.807) is 0 Å². The predicted molar refractivity (Wildman–Crippen MR) is 111 cm³/mol. The van der Waals surface area contributed by atoms with Crippen molar-refractivity contribution in [2.75, 3.05) is 16.8 Å². The first-order chi connectivity index (χ1) is 13.3. The van der Waals surface area contributed by atoms with E-state index in [1.165, 1.54) is 11.8 Å². The summed E-state index contributed by atoms with van der Waals surface area (Å²) in [6.07, 6.45) is -0.199. The van der Waals surface area contributed by atoms with Crippen LogP contribution in [0.15, 0.2) is 48.5 Å². The molecule has 148 valence electrons. The SMILES string of the molecule is Cc1ccc(NC(=O)CSCC(=O)N[C@@H](CC(=O)O)c2ccccc2C)cc1. The van der Waals surface area contributed by atoms with Crippen LogP contribution < -0.4 is 10.6 Å². The van der Waals surface area contributed by atoms with Crippen LogP contribution in [0.25, 0.3) is 0 Å². The van der Waals surface area contributed by atoms with E-state index in [0.717, 1.165) is 16.7 Å². The van der Waals surface area contributed by atoms with E-state index in [4.69, 9.17) is 5.11 Å². The molecule has 0 saturated carbocycles. The molecule has 3 N–H and O–H groups in total. The van der Waals surface area contributed by atoms with Crippen molar-refractivity contribution in [3.63, 3.8) is 0 Å². The molecule has 2 aromatic rings. The second kappa shape index (κ2) is 10.5. The second-order valence-electron chi connectivity index (χ2n) is 6.48. The van der Waals surface area contributed by atoms with Crippen molar-refractivity contribution in [2.45, 2.75) is 26.3 Å². The van der Waals surface area contributed by atoms with Crippen molar-refractivity contribution in [1.82, 2.24) is 5.32 Å². The normalized spacial score (nSPS) is 11.5. The van der Waals surface area contributed by atoms with Crippen LogP contribution in [0.5, 0.6) is 0 Å². The van der Waals surface area contributed by atoms with Gasteiger partial charge in [0.2, 0.25) is 11.8 Å². The molecule has 0 fully saturated rings. The molecular formula is C21H24N2O4S. The molecule has 1 atom stereocenters. The number of carboxylic acids is 1. The van der Waals surface area contributed by atoms with Crippen LogP contribution >= 0.6 is 11.8 Å². The van der Waals surface area contributed by atoms with Crippen LogP contribution in [0.1, 0.15) is 29.2 Å². The lowest BCUT2D eigenvalue weighted by atomic mass is 9.99. The summed E-state index contributed by atoms with van der Waals surface area (Å²) in [4.78, 5) is 35.4. The third-order valence-electron chi connectivity index (χ3n) is 4.08. The Morgan fingerprint density at radius 3 is 2.25 bits per heavy atom. The minimum absolute atomic E-state index is 0.0727. The second-order valence-corrected chi connectivity index (χ2v) is 7.47. The molecule has 0 aliphatic carbocycles. The van der Waals surface area contributed by atoms with E-state index in [0.29, 0.717) is 5.69 Å². The highest BCUT2D eigenvalue weighted by Gasteiger charge is 2.19. The number of rotatable bonds is 9. The van der Waals surface area contributed by atoms with E-state index in [9.17, 15) is 14.4 Å². The predicted octanol–water partition coefficient (Wildman–Crippen LogP) is 3.31. The number of amides is 2. The Hall–Kier alpha value is -2.80. The number of carbonyl (C=O) groups excluding carboxylic acids is 2. The molecular weight excluding hydrogens is 376 g/mol. The molecule has 0 bridgehead atoms. The molecule has 0 aliphatic rings. The first kappa shape index (κ1) is 21.5. The van der Waals surface area contributed by atoms with Crippen molar-refractivity contribution in [1.29, 1.82) is 0 Å². The number of benzene rings is 2. The summed E-state index contributed by atoms with van der Waals surface area (Å²) in [7, 11) is 0. The highest BCUT2D eigenvalue weighted by Crippen LogP contribution is 2.21. The van der Waals surface area contributed by atoms with E-state index >= 15 is 0 Å². The summed E-state index contributed by atoms with van der Waals surface area (Å²) in [6, 6.07) is 14.2. The maximum Gasteiger partial charge on any atom is 0.305 e. The Morgan fingerprint density at radius 2 is 1.61 bits per heavy atom. The van der Waals surface area contributed by atoms with Crippen LogP contribution in [-0.2, 0) is 14.4 Å². The van der Waals surface area contributed by atoms with Crippen LogP contribution in [0.3, 0.4) is 0 Å². The summed E-state index contributed by atoms with van der Waals surface area (Å²) in [5.74, 6) is -1.28. The molecule has 0 spiro atoms. The summed E-state index contributed by atoms with van der Waals surface area (Å²) >= 11 is 1.18. The van der Waals surface area contributed by atoms with Crippen molar-refractivity contribution in [3.8, 4) is 0 Å². The van der Waals surface area contributed by atoms with E-state index in [-0.39, 0.29) is 29.7 Å². The number of hydrogen-bond donors (Lipinski definition) is 3. The summed E-state index contributed by atoms with van der Waals surface area (Å²) in [6.45, 7) is 3.84. The van der Waals surface area contributed by atoms with Crippen molar-refractivity contribution >= 4 is 35.2 Å². The summed E-state index contributed by atoms with van der Waals surface area (Å²) in [5, 5.41) is 14.7. The van der Waals surface area contributed by atoms with Gasteiger partial charge in [-0.05, 0) is 37.1 Å².